The van der Waals surface area contributed by atoms with Gasteiger partial charge in [-0.2, -0.15) is 13.2 Å². The number of carbonyl (C=O) groups excluding carboxylic acids is 1. The summed E-state index contributed by atoms with van der Waals surface area (Å²) in [7, 11) is 0. The Balaban J connectivity index is 2.10. The number of anilines is 2. The van der Waals surface area contributed by atoms with Crippen LogP contribution in [0.5, 0.6) is 0 Å². The van der Waals surface area contributed by atoms with Crippen LogP contribution in [-0.2, 0) is 6.18 Å². The van der Waals surface area contributed by atoms with Crippen LogP contribution in [0.25, 0.3) is 0 Å². The second kappa shape index (κ2) is 6.34. The Morgan fingerprint density at radius 3 is 2.17 bits per heavy atom. The lowest BCUT2D eigenvalue weighted by atomic mass is 10.1. The van der Waals surface area contributed by atoms with Crippen molar-refractivity contribution >= 4 is 23.1 Å². The molecule has 2 rings (SSSR count). The van der Waals surface area contributed by atoms with E-state index < -0.39 is 22.7 Å². The van der Waals surface area contributed by atoms with Gasteiger partial charge in [-0.1, -0.05) is 12.1 Å². The Hall–Kier alpha value is -3.10. The number of alkyl halides is 3. The zero-order valence-electron chi connectivity index (χ0n) is 11.4. The number of nitrogens with zero attached hydrogens (tertiary/aromatic N) is 1. The van der Waals surface area contributed by atoms with Crippen molar-refractivity contribution in [3.05, 3.63) is 64.2 Å². The zero-order chi connectivity index (χ0) is 17.0. The number of carbonyl (C=O) groups is 1. The van der Waals surface area contributed by atoms with Crippen molar-refractivity contribution in [3.63, 3.8) is 0 Å². The highest BCUT2D eigenvalue weighted by atomic mass is 19.4. The first-order valence-corrected chi connectivity index (χ1v) is 6.26. The second-order valence-electron chi connectivity index (χ2n) is 4.43. The molecule has 9 heteroatoms. The lowest BCUT2D eigenvalue weighted by molar-refractivity contribution is -0.384. The molecule has 0 fully saturated rings. The molecule has 2 N–H and O–H groups in total. The van der Waals surface area contributed by atoms with Gasteiger partial charge in [0, 0.05) is 17.8 Å². The number of hydrogen-bond acceptors (Lipinski definition) is 3. The van der Waals surface area contributed by atoms with Gasteiger partial charge in [0.1, 0.15) is 0 Å². The average molecular weight is 325 g/mol. The Morgan fingerprint density at radius 2 is 1.61 bits per heavy atom. The lowest BCUT2D eigenvalue weighted by Gasteiger charge is -2.14. The van der Waals surface area contributed by atoms with E-state index >= 15 is 0 Å². The fourth-order valence-corrected chi connectivity index (χ4v) is 1.79. The molecular formula is C14H10F3N3O3. The third-order valence-electron chi connectivity index (χ3n) is 2.82. The molecule has 2 aromatic carbocycles. The van der Waals surface area contributed by atoms with Gasteiger partial charge >= 0.3 is 12.2 Å². The number of urea groups is 1. The normalized spacial score (nSPS) is 10.9. The van der Waals surface area contributed by atoms with Crippen LogP contribution in [-0.4, -0.2) is 11.0 Å². The van der Waals surface area contributed by atoms with E-state index in [-0.39, 0.29) is 17.1 Å². The summed E-state index contributed by atoms with van der Waals surface area (Å²) in [6, 6.07) is 8.52. The Labute approximate surface area is 128 Å². The number of para-hydroxylation sites is 1. The lowest BCUT2D eigenvalue weighted by Crippen LogP contribution is -2.21. The monoisotopic (exact) mass is 325 g/mol. The molecule has 0 unspecified atom stereocenters. The molecule has 120 valence electrons. The van der Waals surface area contributed by atoms with Crippen LogP contribution in [0.15, 0.2) is 48.5 Å². The SMILES string of the molecule is O=C(Nc1ccc([N+](=O)[O-])cc1)Nc1ccccc1C(F)(F)F. The first kappa shape index (κ1) is 16.3. The van der Waals surface area contributed by atoms with Gasteiger partial charge in [-0.15, -0.1) is 0 Å². The van der Waals surface area contributed by atoms with E-state index in [4.69, 9.17) is 0 Å². The molecule has 0 saturated carbocycles. The third-order valence-corrected chi connectivity index (χ3v) is 2.82. The van der Waals surface area contributed by atoms with Crippen molar-refractivity contribution < 1.29 is 22.9 Å². The topological polar surface area (TPSA) is 84.3 Å². The molecule has 0 aliphatic carbocycles. The molecule has 0 saturated heterocycles. The number of non-ortho nitro benzene ring substituents is 1. The minimum atomic E-state index is -4.60. The van der Waals surface area contributed by atoms with Crippen LogP contribution < -0.4 is 10.6 Å². The highest BCUT2D eigenvalue weighted by Crippen LogP contribution is 2.34. The van der Waals surface area contributed by atoms with E-state index in [2.05, 4.69) is 10.6 Å². The molecule has 0 spiro atoms. The van der Waals surface area contributed by atoms with E-state index in [1.807, 2.05) is 0 Å². The highest BCUT2D eigenvalue weighted by molar-refractivity contribution is 6.00. The third kappa shape index (κ3) is 4.19. The molecule has 0 atom stereocenters. The summed E-state index contributed by atoms with van der Waals surface area (Å²) in [6.45, 7) is 0. The Bertz CT molecular complexity index is 730. The smallest absolute Gasteiger partial charge is 0.308 e. The molecule has 0 aliphatic rings. The summed E-state index contributed by atoms with van der Waals surface area (Å²) in [5.74, 6) is 0. The summed E-state index contributed by atoms with van der Waals surface area (Å²) in [5, 5.41) is 14.9. The number of halogens is 3. The van der Waals surface area contributed by atoms with Crippen molar-refractivity contribution in [2.45, 2.75) is 6.18 Å². The second-order valence-corrected chi connectivity index (χ2v) is 4.43. The molecular weight excluding hydrogens is 315 g/mol. The molecule has 0 heterocycles. The fourth-order valence-electron chi connectivity index (χ4n) is 1.79. The molecule has 2 aromatic rings. The van der Waals surface area contributed by atoms with Gasteiger partial charge in [-0.3, -0.25) is 10.1 Å². The van der Waals surface area contributed by atoms with Crippen molar-refractivity contribution in [2.24, 2.45) is 0 Å². The van der Waals surface area contributed by atoms with Crippen LogP contribution in [0.2, 0.25) is 0 Å². The Kier molecular flexibility index (Phi) is 4.49. The largest absolute Gasteiger partial charge is 0.418 e. The number of nitro benzene ring substituents is 1. The van der Waals surface area contributed by atoms with Gasteiger partial charge in [0.2, 0.25) is 0 Å². The summed E-state index contributed by atoms with van der Waals surface area (Å²) in [6.07, 6.45) is -4.60. The maximum absolute atomic E-state index is 12.8. The molecule has 23 heavy (non-hydrogen) atoms. The van der Waals surface area contributed by atoms with Crippen molar-refractivity contribution in [1.29, 1.82) is 0 Å². The van der Waals surface area contributed by atoms with Crippen molar-refractivity contribution in [2.75, 3.05) is 10.6 Å². The predicted octanol–water partition coefficient (Wildman–Crippen LogP) is 4.26. The van der Waals surface area contributed by atoms with Gasteiger partial charge in [0.05, 0.1) is 16.2 Å². The number of nitro groups is 1. The molecule has 6 nitrogen and oxygen atoms in total. The predicted molar refractivity (Wildman–Crippen MR) is 77.2 cm³/mol. The maximum atomic E-state index is 12.8. The summed E-state index contributed by atoms with van der Waals surface area (Å²) in [5.41, 5.74) is -1.32. The first-order valence-electron chi connectivity index (χ1n) is 6.26. The van der Waals surface area contributed by atoms with Crippen LogP contribution in [0.3, 0.4) is 0 Å². The quantitative estimate of drug-likeness (QED) is 0.653. The Morgan fingerprint density at radius 1 is 1.00 bits per heavy atom. The summed E-state index contributed by atoms with van der Waals surface area (Å²) in [4.78, 5) is 21.7. The average Bonchev–Trinajstić information content (AvgIpc) is 2.47. The highest BCUT2D eigenvalue weighted by Gasteiger charge is 2.33. The van der Waals surface area contributed by atoms with E-state index in [0.717, 1.165) is 12.1 Å². The number of hydrogen-bond donors (Lipinski definition) is 2. The minimum Gasteiger partial charge on any atom is -0.308 e. The molecule has 0 aliphatic heterocycles. The molecule has 2 amide bonds. The maximum Gasteiger partial charge on any atom is 0.418 e. The number of amides is 2. The van der Waals surface area contributed by atoms with Crippen LogP contribution in [0.1, 0.15) is 5.56 Å². The number of benzene rings is 2. The van der Waals surface area contributed by atoms with E-state index in [1.165, 1.54) is 36.4 Å². The standard InChI is InChI=1S/C14H10F3N3O3/c15-14(16,17)11-3-1-2-4-12(11)19-13(21)18-9-5-7-10(8-6-9)20(22)23/h1-8H,(H2,18,19,21). The van der Waals surface area contributed by atoms with Crippen LogP contribution in [0.4, 0.5) is 35.0 Å². The van der Waals surface area contributed by atoms with Crippen LogP contribution >= 0.6 is 0 Å². The van der Waals surface area contributed by atoms with Crippen molar-refractivity contribution in [3.8, 4) is 0 Å². The first-order chi connectivity index (χ1) is 10.8. The number of rotatable bonds is 3. The van der Waals surface area contributed by atoms with Crippen molar-refractivity contribution in [1.82, 2.24) is 0 Å². The summed E-state index contributed by atoms with van der Waals surface area (Å²) < 4.78 is 38.4. The van der Waals surface area contributed by atoms with Gasteiger partial charge in [0.15, 0.2) is 0 Å². The molecule has 0 bridgehead atoms. The number of nitrogens with one attached hydrogen (secondary N) is 2. The molecule has 0 aromatic heterocycles. The molecule has 0 radical (unpaired) electrons. The van der Waals surface area contributed by atoms with Gasteiger partial charge in [-0.05, 0) is 24.3 Å². The van der Waals surface area contributed by atoms with E-state index in [1.54, 1.807) is 0 Å². The van der Waals surface area contributed by atoms with Gasteiger partial charge in [-0.25, -0.2) is 4.79 Å². The zero-order valence-corrected chi connectivity index (χ0v) is 11.4. The summed E-state index contributed by atoms with van der Waals surface area (Å²) >= 11 is 0. The van der Waals surface area contributed by atoms with Gasteiger partial charge < -0.3 is 10.6 Å². The van der Waals surface area contributed by atoms with Gasteiger partial charge in [0.25, 0.3) is 5.69 Å². The minimum absolute atomic E-state index is 0.168. The fraction of sp³-hybridized carbons (Fsp3) is 0.0714. The van der Waals surface area contributed by atoms with E-state index in [9.17, 15) is 28.1 Å². The van der Waals surface area contributed by atoms with E-state index in [0.29, 0.717) is 0 Å². The van der Waals surface area contributed by atoms with Crippen LogP contribution in [0, 0.1) is 10.1 Å².